The Bertz CT molecular complexity index is 832. The molecule has 2 aromatic heterocycles. The van der Waals surface area contributed by atoms with Gasteiger partial charge in [-0.3, -0.25) is 0 Å². The lowest BCUT2D eigenvalue weighted by atomic mass is 10.2. The van der Waals surface area contributed by atoms with Crippen LogP contribution in [-0.4, -0.2) is 37.7 Å². The van der Waals surface area contributed by atoms with Crippen molar-refractivity contribution in [3.05, 3.63) is 12.7 Å². The van der Waals surface area contributed by atoms with Gasteiger partial charge >= 0.3 is 8.03 Å². The predicted octanol–water partition coefficient (Wildman–Crippen LogP) is 2.71. The highest BCUT2D eigenvalue weighted by Gasteiger charge is 2.39. The number of nitrogen functional groups attached to an aromatic ring is 1. The second kappa shape index (κ2) is 7.25. The number of imidazole rings is 1. The molecular weight excluding hydrogens is 355 g/mol. The Morgan fingerprint density at radius 2 is 2.08 bits per heavy atom. The number of fused-ring (bicyclic) bond motifs is 1. The molecule has 0 bridgehead atoms. The Kier molecular flexibility index (Phi) is 4.82. The third kappa shape index (κ3) is 3.99. The molecule has 0 spiro atoms. The van der Waals surface area contributed by atoms with Crippen molar-refractivity contribution in [1.29, 1.82) is 0 Å². The summed E-state index contributed by atoms with van der Waals surface area (Å²) in [5.41, 5.74) is 8.10. The van der Waals surface area contributed by atoms with Gasteiger partial charge in [0.05, 0.1) is 24.7 Å². The van der Waals surface area contributed by atoms with E-state index >= 15 is 0 Å². The van der Waals surface area contributed by atoms with Gasteiger partial charge in [-0.05, 0) is 42.3 Å². The number of rotatable bonds is 9. The van der Waals surface area contributed by atoms with Crippen molar-refractivity contribution in [3.8, 4) is 0 Å². The van der Waals surface area contributed by atoms with Crippen LogP contribution < -0.4 is 5.73 Å². The summed E-state index contributed by atoms with van der Waals surface area (Å²) in [6.45, 7) is 2.40. The van der Waals surface area contributed by atoms with Crippen LogP contribution in [0.2, 0.25) is 0 Å². The number of ether oxygens (including phenoxy) is 1. The Morgan fingerprint density at radius 1 is 1.35 bits per heavy atom. The zero-order valence-corrected chi connectivity index (χ0v) is 15.5. The first-order valence-corrected chi connectivity index (χ1v) is 10.2. The minimum Gasteiger partial charge on any atom is -0.382 e. The average Bonchev–Trinajstić information content (AvgIpc) is 3.54. The van der Waals surface area contributed by atoms with Crippen molar-refractivity contribution in [2.75, 3.05) is 12.1 Å². The van der Waals surface area contributed by atoms with Crippen LogP contribution in [0.5, 0.6) is 0 Å². The molecule has 10 heteroatoms. The Hall–Kier alpha value is -2.12. The van der Waals surface area contributed by atoms with Crippen LogP contribution in [0.25, 0.3) is 11.2 Å². The maximum atomic E-state index is 12.0. The standard InChI is InChI=1S/C16H22N6O3P/c1-10(6-22-8-20-14-15(17)18-7-19-16(14)22)24-9-26(23)25-21-13(11-2-3-11)12-4-5-12/h7-8,10-12H,2-6,9H2,1H3,(H2,17,18,19)/q+1/t10-/m1/s1. The van der Waals surface area contributed by atoms with Gasteiger partial charge in [0.1, 0.15) is 11.8 Å². The Morgan fingerprint density at radius 3 is 2.77 bits per heavy atom. The molecule has 4 rings (SSSR count). The summed E-state index contributed by atoms with van der Waals surface area (Å²) in [6, 6.07) is 0. The summed E-state index contributed by atoms with van der Waals surface area (Å²) < 4.78 is 24.7. The fourth-order valence-corrected chi connectivity index (χ4v) is 3.52. The lowest BCUT2D eigenvalue weighted by molar-refractivity contribution is 0.0825. The highest BCUT2D eigenvalue weighted by atomic mass is 31.1. The second-order valence-electron chi connectivity index (χ2n) is 6.91. The molecule has 2 N–H and O–H groups in total. The van der Waals surface area contributed by atoms with Crippen molar-refractivity contribution < 1.29 is 13.9 Å². The number of nitrogens with two attached hydrogens (primary N) is 1. The van der Waals surface area contributed by atoms with E-state index in [1.165, 1.54) is 32.0 Å². The third-order valence-corrected chi connectivity index (χ3v) is 5.20. The molecule has 0 aliphatic heterocycles. The number of hydrogen-bond donors (Lipinski definition) is 1. The minimum absolute atomic E-state index is 0.00632. The largest absolute Gasteiger partial charge is 0.610 e. The molecule has 26 heavy (non-hydrogen) atoms. The van der Waals surface area contributed by atoms with Crippen molar-refractivity contribution >= 4 is 30.7 Å². The summed E-state index contributed by atoms with van der Waals surface area (Å²) in [5.74, 6) is 1.45. The molecule has 1 unspecified atom stereocenters. The first-order valence-electron chi connectivity index (χ1n) is 8.84. The van der Waals surface area contributed by atoms with E-state index in [9.17, 15) is 4.57 Å². The van der Waals surface area contributed by atoms with Crippen LogP contribution in [0.15, 0.2) is 17.8 Å². The minimum atomic E-state index is -1.97. The summed E-state index contributed by atoms with van der Waals surface area (Å²) in [5, 5.41) is 4.16. The number of anilines is 1. The lowest BCUT2D eigenvalue weighted by Crippen LogP contribution is -2.16. The molecule has 2 aliphatic rings. The van der Waals surface area contributed by atoms with Crippen LogP contribution in [0.1, 0.15) is 32.6 Å². The van der Waals surface area contributed by atoms with Gasteiger partial charge in [-0.1, -0.05) is 0 Å². The molecule has 2 saturated carbocycles. The van der Waals surface area contributed by atoms with Crippen LogP contribution in [0, 0.1) is 11.8 Å². The average molecular weight is 377 g/mol. The van der Waals surface area contributed by atoms with E-state index in [0.717, 1.165) is 5.71 Å². The smallest absolute Gasteiger partial charge is 0.382 e. The van der Waals surface area contributed by atoms with Crippen LogP contribution in [0.4, 0.5) is 5.82 Å². The molecule has 0 saturated heterocycles. The normalized spacial score (nSPS) is 18.6. The number of hydrogen-bond acceptors (Lipinski definition) is 8. The summed E-state index contributed by atoms with van der Waals surface area (Å²) in [7, 11) is -1.97. The molecule has 0 radical (unpaired) electrons. The van der Waals surface area contributed by atoms with Crippen LogP contribution >= 0.6 is 8.03 Å². The van der Waals surface area contributed by atoms with Gasteiger partial charge in [0.25, 0.3) is 6.35 Å². The van der Waals surface area contributed by atoms with Gasteiger partial charge in [-0.2, -0.15) is 0 Å². The van der Waals surface area contributed by atoms with Crippen molar-refractivity contribution in [1.82, 2.24) is 19.5 Å². The molecule has 0 amide bonds. The van der Waals surface area contributed by atoms with Crippen molar-refractivity contribution in [2.45, 2.75) is 45.3 Å². The summed E-state index contributed by atoms with van der Waals surface area (Å²) >= 11 is 0. The summed E-state index contributed by atoms with van der Waals surface area (Å²) in [4.78, 5) is 12.3. The third-order valence-electron chi connectivity index (χ3n) is 4.58. The molecule has 2 fully saturated rings. The van der Waals surface area contributed by atoms with Gasteiger partial charge in [-0.25, -0.2) is 15.0 Å². The van der Waals surface area contributed by atoms with Gasteiger partial charge in [0.2, 0.25) is 0 Å². The fourth-order valence-electron chi connectivity index (χ4n) is 2.91. The van der Waals surface area contributed by atoms with E-state index in [1.54, 1.807) is 6.33 Å². The zero-order chi connectivity index (χ0) is 18.1. The van der Waals surface area contributed by atoms with Crippen LogP contribution in [-0.2, 0) is 20.5 Å². The summed E-state index contributed by atoms with van der Waals surface area (Å²) in [6.07, 6.45) is 7.57. The van der Waals surface area contributed by atoms with Gasteiger partial charge < -0.3 is 15.0 Å². The predicted molar refractivity (Wildman–Crippen MR) is 96.7 cm³/mol. The zero-order valence-electron chi connectivity index (χ0n) is 14.6. The Balaban J connectivity index is 1.28. The highest BCUT2D eigenvalue weighted by Crippen LogP contribution is 2.42. The Labute approximate surface area is 151 Å². The topological polar surface area (TPSA) is 118 Å². The molecule has 2 atom stereocenters. The van der Waals surface area contributed by atoms with E-state index in [-0.39, 0.29) is 12.5 Å². The molecule has 2 heterocycles. The highest BCUT2D eigenvalue weighted by molar-refractivity contribution is 7.38. The van der Waals surface area contributed by atoms with E-state index in [1.807, 2.05) is 11.5 Å². The van der Waals surface area contributed by atoms with E-state index in [4.69, 9.17) is 15.1 Å². The van der Waals surface area contributed by atoms with Crippen LogP contribution in [0.3, 0.4) is 0 Å². The molecular formula is C16H22N6O3P+. The lowest BCUT2D eigenvalue weighted by Gasteiger charge is -2.10. The van der Waals surface area contributed by atoms with Gasteiger partial charge in [-0.15, -0.1) is 4.62 Å². The monoisotopic (exact) mass is 377 g/mol. The van der Waals surface area contributed by atoms with Crippen molar-refractivity contribution in [3.63, 3.8) is 0 Å². The SMILES string of the molecule is C[C@H](Cn1cnc2c(N)ncnc21)OC[P+](=O)ON=C(C1CC1)C1CC1. The quantitative estimate of drug-likeness (QED) is 0.405. The molecule has 9 nitrogen and oxygen atoms in total. The molecule has 2 aliphatic carbocycles. The number of nitrogens with zero attached hydrogens (tertiary/aromatic N) is 5. The maximum Gasteiger partial charge on any atom is 0.610 e. The molecule has 2 aromatic rings. The first kappa shape index (κ1) is 17.3. The van der Waals surface area contributed by atoms with Gasteiger partial charge in [0, 0.05) is 11.8 Å². The van der Waals surface area contributed by atoms with Gasteiger partial charge in [0.15, 0.2) is 11.5 Å². The maximum absolute atomic E-state index is 12.0. The second-order valence-corrected chi connectivity index (χ2v) is 8.00. The van der Waals surface area contributed by atoms with E-state index < -0.39 is 8.03 Å². The number of aromatic nitrogens is 4. The molecule has 0 aromatic carbocycles. The van der Waals surface area contributed by atoms with E-state index in [2.05, 4.69) is 20.1 Å². The first-order chi connectivity index (χ1) is 12.6. The fraction of sp³-hybridized carbons (Fsp3) is 0.625. The number of oxime groups is 1. The van der Waals surface area contributed by atoms with E-state index in [0.29, 0.717) is 35.4 Å². The molecule has 138 valence electrons. The van der Waals surface area contributed by atoms with Crippen molar-refractivity contribution in [2.24, 2.45) is 17.0 Å².